The third-order valence-corrected chi connectivity index (χ3v) is 11.7. The van der Waals surface area contributed by atoms with Gasteiger partial charge in [-0.05, 0) is 131 Å². The summed E-state index contributed by atoms with van der Waals surface area (Å²) in [4.78, 5) is 73.5. The van der Waals surface area contributed by atoms with Crippen molar-refractivity contribution in [2.24, 2.45) is 0 Å². The molecule has 1 heterocycles. The number of cyclic esters (lactones) is 1. The highest BCUT2D eigenvalue weighted by atomic mass is 16.6. The lowest BCUT2D eigenvalue weighted by molar-refractivity contribution is -0.162. The third kappa shape index (κ3) is 64.5. The Kier molecular flexibility index (Phi) is 66.1. The van der Waals surface area contributed by atoms with E-state index in [1.807, 2.05) is 0 Å². The number of aliphatic hydroxyl groups excluding tert-OH is 20. The molecule has 1 aliphatic rings. The SMILES string of the molecule is CC(=O)CCC[C@H](O)[C@H](O)CO.CC(=O)CCC[C@H](O)[C@H](O)CO.CC(=O)CCC[C@H](O)[C@H](O)CO.CC(=O)CCC[C@H](O)[C@H](O)CO.CC(=O)CCC[C@H](O)[C@H](O)CO.CC(=O)CCC[C@H](O)[C@H](O)CO.O=C1CCC[C@@H]([C@H](O)CO)O1. The lowest BCUT2D eigenvalue weighted by atomic mass is 10.0. The molecule has 0 saturated carbocycles. The molecule has 0 aliphatic carbocycles. The molecule has 0 unspecified atom stereocenters. The minimum Gasteiger partial charge on any atom is -0.460 e. The number of hydrogen-bond donors (Lipinski definition) is 20. The van der Waals surface area contributed by atoms with E-state index in [1.165, 1.54) is 41.5 Å². The summed E-state index contributed by atoms with van der Waals surface area (Å²) < 4.78 is 4.79. The number of carbonyl (C=O) groups excluding carboxylic acids is 7. The molecule has 0 bridgehead atoms. The molecular weight excluding hydrogens is 1110 g/mol. The van der Waals surface area contributed by atoms with Crippen molar-refractivity contribution in [2.45, 2.75) is 262 Å². The third-order valence-electron chi connectivity index (χ3n) is 11.7. The van der Waals surface area contributed by atoms with Crippen LogP contribution < -0.4 is 0 Å². The zero-order valence-electron chi connectivity index (χ0n) is 49.6. The van der Waals surface area contributed by atoms with E-state index in [-0.39, 0.29) is 47.3 Å². The van der Waals surface area contributed by atoms with Crippen molar-refractivity contribution in [3.63, 3.8) is 0 Å². The molecule has 0 radical (unpaired) electrons. The van der Waals surface area contributed by atoms with Crippen molar-refractivity contribution in [1.29, 1.82) is 0 Å². The van der Waals surface area contributed by atoms with Crippen LogP contribution in [0.4, 0.5) is 0 Å². The second kappa shape index (κ2) is 60.4. The van der Waals surface area contributed by atoms with Crippen molar-refractivity contribution in [2.75, 3.05) is 46.2 Å². The lowest BCUT2D eigenvalue weighted by Crippen LogP contribution is -2.36. The summed E-state index contributed by atoms with van der Waals surface area (Å²) in [6, 6.07) is 0. The van der Waals surface area contributed by atoms with Gasteiger partial charge in [0.1, 0.15) is 83.5 Å². The van der Waals surface area contributed by atoms with E-state index < -0.39 is 125 Å². The number of Topliss-reactive ketones (excluding diaryl/α,β-unsaturated/α-hetero) is 6. The Bertz CT molecular complexity index is 1340. The van der Waals surface area contributed by atoms with E-state index in [9.17, 15) is 33.6 Å². The molecule has 14 atom stereocenters. The molecule has 496 valence electrons. The molecule has 0 aromatic heterocycles. The van der Waals surface area contributed by atoms with E-state index in [1.54, 1.807) is 0 Å². The molecule has 28 heteroatoms. The molecular formula is C55H108O28. The second-order valence-corrected chi connectivity index (χ2v) is 20.1. The number of carbonyl (C=O) groups is 7. The monoisotopic (exact) mass is 1220 g/mol. The molecule has 0 amide bonds. The van der Waals surface area contributed by atoms with Gasteiger partial charge in [0, 0.05) is 44.9 Å². The molecule has 28 nitrogen and oxygen atoms in total. The van der Waals surface area contributed by atoms with Gasteiger partial charge >= 0.3 is 5.97 Å². The quantitative estimate of drug-likeness (QED) is 0.0264. The van der Waals surface area contributed by atoms with Gasteiger partial charge in [0.15, 0.2) is 0 Å². The van der Waals surface area contributed by atoms with Crippen molar-refractivity contribution < 1.29 is 140 Å². The summed E-state index contributed by atoms with van der Waals surface area (Å²) in [6.45, 7) is 5.88. The van der Waals surface area contributed by atoms with Gasteiger partial charge in [-0.1, -0.05) is 0 Å². The van der Waals surface area contributed by atoms with Gasteiger partial charge in [-0.2, -0.15) is 0 Å². The smallest absolute Gasteiger partial charge is 0.306 e. The van der Waals surface area contributed by atoms with Crippen LogP contribution in [0.2, 0.25) is 0 Å². The van der Waals surface area contributed by atoms with E-state index in [2.05, 4.69) is 0 Å². The molecule has 1 aliphatic heterocycles. The topological polar surface area (TPSA) is 533 Å². The number of aliphatic hydroxyl groups is 20. The van der Waals surface area contributed by atoms with Crippen LogP contribution in [0.5, 0.6) is 0 Å². The molecule has 0 aromatic carbocycles. The van der Waals surface area contributed by atoms with Crippen LogP contribution in [0.1, 0.15) is 176 Å². The summed E-state index contributed by atoms with van der Waals surface area (Å²) in [6.07, 6.45) is -3.80. The van der Waals surface area contributed by atoms with Crippen molar-refractivity contribution in [3.8, 4) is 0 Å². The normalized spacial score (nSPS) is 17.3. The Balaban J connectivity index is -0.000000208. The van der Waals surface area contributed by atoms with E-state index in [0.717, 1.165) is 6.42 Å². The Morgan fingerprint density at radius 2 is 0.518 bits per heavy atom. The van der Waals surface area contributed by atoms with Crippen molar-refractivity contribution in [1.82, 2.24) is 0 Å². The maximum atomic E-state index is 10.7. The van der Waals surface area contributed by atoms with Gasteiger partial charge in [-0.15, -0.1) is 0 Å². The van der Waals surface area contributed by atoms with E-state index >= 15 is 0 Å². The average Bonchev–Trinajstić information content (AvgIpc) is 3.43. The maximum Gasteiger partial charge on any atom is 0.306 e. The molecule has 1 rings (SSSR count). The number of ketones is 6. The highest BCUT2D eigenvalue weighted by molar-refractivity contribution is 5.77. The summed E-state index contributed by atoms with van der Waals surface area (Å²) in [5.41, 5.74) is 0. The van der Waals surface area contributed by atoms with Crippen LogP contribution in [-0.2, 0) is 38.3 Å². The second-order valence-electron chi connectivity index (χ2n) is 20.1. The Morgan fingerprint density at radius 3 is 0.651 bits per heavy atom. The highest BCUT2D eigenvalue weighted by Crippen LogP contribution is 2.17. The Hall–Kier alpha value is -3.31. The Labute approximate surface area is 488 Å². The van der Waals surface area contributed by atoms with Crippen molar-refractivity contribution in [3.05, 3.63) is 0 Å². The van der Waals surface area contributed by atoms with Crippen LogP contribution in [0.15, 0.2) is 0 Å². The maximum absolute atomic E-state index is 10.7. The number of ether oxygens (including phenoxy) is 1. The predicted octanol–water partition coefficient (Wildman–Crippen LogP) is -3.81. The average molecular weight is 1220 g/mol. The van der Waals surface area contributed by atoms with Gasteiger partial charge < -0.3 is 136 Å². The summed E-state index contributed by atoms with van der Waals surface area (Å²) in [5, 5.41) is 176. The van der Waals surface area contributed by atoms with Gasteiger partial charge in [0.25, 0.3) is 0 Å². The van der Waals surface area contributed by atoms with Gasteiger partial charge in [0.05, 0.1) is 82.9 Å². The fraction of sp³-hybridized carbons (Fsp3) is 0.873. The lowest BCUT2D eigenvalue weighted by Gasteiger charge is -2.25. The Morgan fingerprint density at radius 1 is 0.337 bits per heavy atom. The largest absolute Gasteiger partial charge is 0.460 e. The molecule has 83 heavy (non-hydrogen) atoms. The molecule has 0 aromatic rings. The van der Waals surface area contributed by atoms with Crippen LogP contribution >= 0.6 is 0 Å². The van der Waals surface area contributed by atoms with E-state index in [0.29, 0.717) is 128 Å². The first-order chi connectivity index (χ1) is 38.7. The molecule has 1 saturated heterocycles. The summed E-state index contributed by atoms with van der Waals surface area (Å²) in [5.74, 6) is 0.137. The van der Waals surface area contributed by atoms with Crippen molar-refractivity contribution >= 4 is 40.7 Å². The minimum atomic E-state index is -1.09. The van der Waals surface area contributed by atoms with Gasteiger partial charge in [-0.25, -0.2) is 0 Å². The first-order valence-corrected chi connectivity index (χ1v) is 28.0. The van der Waals surface area contributed by atoms with Crippen LogP contribution in [0.3, 0.4) is 0 Å². The van der Waals surface area contributed by atoms with Crippen LogP contribution in [-0.4, -0.2) is 275 Å². The number of hydrogen-bond acceptors (Lipinski definition) is 28. The summed E-state index contributed by atoms with van der Waals surface area (Å²) >= 11 is 0. The standard InChI is InChI=1S/6C8H16O4.C7H12O4/c6*1-6(10)3-2-4-7(11)8(12)5-9;8-4-5(9)6-2-1-3-7(10)11-6/h6*7-9,11-12H,2-5H2,1H3;5-6,8-9H,1-4H2/t6*7-,8+;5-,6+/m0000001/s1. The minimum absolute atomic E-state index is 0.0701. The van der Waals surface area contributed by atoms with Crippen LogP contribution in [0, 0.1) is 0 Å². The number of esters is 1. The van der Waals surface area contributed by atoms with E-state index in [4.69, 9.17) is 107 Å². The number of rotatable bonds is 38. The molecule has 0 spiro atoms. The van der Waals surface area contributed by atoms with Gasteiger partial charge in [0.2, 0.25) is 0 Å². The first kappa shape index (κ1) is 90.9. The van der Waals surface area contributed by atoms with Gasteiger partial charge in [-0.3, -0.25) is 4.79 Å². The molecule has 1 fully saturated rings. The predicted molar refractivity (Wildman–Crippen MR) is 299 cm³/mol. The first-order valence-electron chi connectivity index (χ1n) is 28.0. The fourth-order valence-corrected chi connectivity index (χ4v) is 6.37. The zero-order valence-corrected chi connectivity index (χ0v) is 49.6. The van der Waals surface area contributed by atoms with Crippen LogP contribution in [0.25, 0.3) is 0 Å². The highest BCUT2D eigenvalue weighted by Gasteiger charge is 2.26. The molecule has 20 N–H and O–H groups in total. The fourth-order valence-electron chi connectivity index (χ4n) is 6.37. The zero-order chi connectivity index (χ0) is 65.6. The summed E-state index contributed by atoms with van der Waals surface area (Å²) in [7, 11) is 0.